The number of nitrogens with two attached hydrogens (primary N) is 1. The smallest absolute Gasteiger partial charge is 0.328 e. The zero-order valence-corrected chi connectivity index (χ0v) is 16.6. The predicted octanol–water partition coefficient (Wildman–Crippen LogP) is 0.995. The van der Waals surface area contributed by atoms with E-state index in [4.69, 9.17) is 15.2 Å². The van der Waals surface area contributed by atoms with Crippen molar-refractivity contribution in [3.05, 3.63) is 42.5 Å². The molecule has 3 N–H and O–H groups in total. The van der Waals surface area contributed by atoms with Crippen molar-refractivity contribution in [1.29, 1.82) is 0 Å². The Bertz CT molecular complexity index is 673. The number of ether oxygens (including phenoxy) is 2. The summed E-state index contributed by atoms with van der Waals surface area (Å²) in [7, 11) is 2.81. The highest BCUT2D eigenvalue weighted by Crippen LogP contribution is 2.14. The van der Waals surface area contributed by atoms with Crippen LogP contribution < -0.4 is 15.8 Å². The highest BCUT2D eigenvalue weighted by atomic mass is 16.5. The summed E-state index contributed by atoms with van der Waals surface area (Å²) in [5, 5.41) is 2.51. The summed E-state index contributed by atoms with van der Waals surface area (Å²) in [5.41, 5.74) is 6.45. The van der Waals surface area contributed by atoms with Crippen LogP contribution in [-0.4, -0.2) is 55.5 Å². The van der Waals surface area contributed by atoms with Crippen LogP contribution >= 0.6 is 0 Å². The average molecular weight is 391 g/mol. The van der Waals surface area contributed by atoms with E-state index < -0.39 is 24.0 Å². The molecule has 154 valence electrons. The maximum atomic E-state index is 12.7. The van der Waals surface area contributed by atoms with Crippen LogP contribution in [-0.2, 0) is 25.7 Å². The van der Waals surface area contributed by atoms with Crippen molar-refractivity contribution in [2.75, 3.05) is 20.8 Å². The van der Waals surface area contributed by atoms with Gasteiger partial charge in [-0.2, -0.15) is 0 Å². The van der Waals surface area contributed by atoms with E-state index in [1.54, 1.807) is 18.1 Å². The number of nitrogens with zero attached hydrogens (tertiary/aromatic N) is 1. The second-order valence-corrected chi connectivity index (χ2v) is 6.32. The summed E-state index contributed by atoms with van der Waals surface area (Å²) in [5.74, 6) is -0.535. The normalized spacial score (nSPS) is 12.4. The van der Waals surface area contributed by atoms with Crippen molar-refractivity contribution in [3.8, 4) is 5.75 Å². The minimum Gasteiger partial charge on any atom is -0.497 e. The molecule has 8 nitrogen and oxygen atoms in total. The molecule has 8 heteroatoms. The molecule has 1 rings (SSSR count). The highest BCUT2D eigenvalue weighted by molar-refractivity contribution is 5.87. The molecule has 1 aromatic carbocycles. The van der Waals surface area contributed by atoms with Crippen molar-refractivity contribution in [2.45, 2.75) is 38.4 Å². The number of hydrogen-bond acceptors (Lipinski definition) is 6. The van der Waals surface area contributed by atoms with Gasteiger partial charge in [-0.1, -0.05) is 18.2 Å². The molecule has 0 aliphatic carbocycles. The van der Waals surface area contributed by atoms with Gasteiger partial charge in [0.2, 0.25) is 11.8 Å². The second-order valence-electron chi connectivity index (χ2n) is 6.32. The van der Waals surface area contributed by atoms with Crippen molar-refractivity contribution < 1.29 is 23.9 Å². The molecule has 2 atom stereocenters. The minimum absolute atomic E-state index is 0.0585. The molecule has 0 radical (unpaired) electrons. The Balaban J connectivity index is 2.75. The van der Waals surface area contributed by atoms with Crippen LogP contribution in [0.5, 0.6) is 5.75 Å². The van der Waals surface area contributed by atoms with E-state index in [-0.39, 0.29) is 18.7 Å². The van der Waals surface area contributed by atoms with Crippen LogP contribution in [0.1, 0.15) is 25.3 Å². The predicted molar refractivity (Wildman–Crippen MR) is 105 cm³/mol. The molecule has 2 amide bonds. The maximum absolute atomic E-state index is 12.7. The van der Waals surface area contributed by atoms with Gasteiger partial charge in [0.25, 0.3) is 0 Å². The number of rotatable bonds is 11. The number of benzene rings is 1. The van der Waals surface area contributed by atoms with Gasteiger partial charge in [0.15, 0.2) is 0 Å². The Morgan fingerprint density at radius 2 is 1.89 bits per heavy atom. The number of esters is 1. The summed E-state index contributed by atoms with van der Waals surface area (Å²) >= 11 is 0. The first-order chi connectivity index (χ1) is 13.3. The molecule has 0 aromatic heterocycles. The summed E-state index contributed by atoms with van der Waals surface area (Å²) in [6, 6.07) is 5.70. The fourth-order valence-corrected chi connectivity index (χ4v) is 2.48. The van der Waals surface area contributed by atoms with E-state index in [0.717, 1.165) is 11.3 Å². The molecule has 2 unspecified atom stereocenters. The van der Waals surface area contributed by atoms with E-state index in [2.05, 4.69) is 11.9 Å². The van der Waals surface area contributed by atoms with Gasteiger partial charge < -0.3 is 25.4 Å². The zero-order chi connectivity index (χ0) is 21.1. The van der Waals surface area contributed by atoms with Crippen LogP contribution in [0.25, 0.3) is 0 Å². The fraction of sp³-hybridized carbons (Fsp3) is 0.450. The molecule has 0 fully saturated rings. The third-order valence-corrected chi connectivity index (χ3v) is 4.10. The van der Waals surface area contributed by atoms with E-state index >= 15 is 0 Å². The zero-order valence-electron chi connectivity index (χ0n) is 16.6. The van der Waals surface area contributed by atoms with Crippen molar-refractivity contribution in [2.24, 2.45) is 5.73 Å². The minimum atomic E-state index is -0.931. The van der Waals surface area contributed by atoms with Gasteiger partial charge in [-0.25, -0.2) is 4.79 Å². The molecule has 0 bridgehead atoms. The van der Waals surface area contributed by atoms with Crippen molar-refractivity contribution >= 4 is 17.8 Å². The summed E-state index contributed by atoms with van der Waals surface area (Å²) in [6.07, 6.45) is 1.81. The van der Waals surface area contributed by atoms with Gasteiger partial charge in [0.05, 0.1) is 20.3 Å². The molecule has 0 aliphatic rings. The fourth-order valence-electron chi connectivity index (χ4n) is 2.48. The van der Waals surface area contributed by atoms with Gasteiger partial charge in [-0.05, 0) is 31.0 Å². The SMILES string of the molecule is C=CCN(Cc1ccc(OC)cc1)C(=O)CCC(NC(=O)C(C)N)C(=O)OC. The molecule has 0 saturated carbocycles. The van der Waals surface area contributed by atoms with Crippen LogP contribution in [0.15, 0.2) is 36.9 Å². The van der Waals surface area contributed by atoms with E-state index in [0.29, 0.717) is 13.1 Å². The number of hydrogen-bond donors (Lipinski definition) is 2. The largest absolute Gasteiger partial charge is 0.497 e. The lowest BCUT2D eigenvalue weighted by molar-refractivity contribution is -0.145. The molecular formula is C20H29N3O5. The molecule has 0 heterocycles. The van der Waals surface area contributed by atoms with Crippen LogP contribution in [0.2, 0.25) is 0 Å². The number of methoxy groups -OCH3 is 2. The Labute approximate surface area is 165 Å². The van der Waals surface area contributed by atoms with Gasteiger partial charge in [-0.3, -0.25) is 9.59 Å². The Morgan fingerprint density at radius 3 is 2.39 bits per heavy atom. The van der Waals surface area contributed by atoms with Gasteiger partial charge in [-0.15, -0.1) is 6.58 Å². The van der Waals surface area contributed by atoms with Gasteiger partial charge >= 0.3 is 5.97 Å². The van der Waals surface area contributed by atoms with Crippen LogP contribution in [0.4, 0.5) is 0 Å². The maximum Gasteiger partial charge on any atom is 0.328 e. The number of carbonyl (C=O) groups excluding carboxylic acids is 3. The standard InChI is InChI=1S/C20H29N3O5/c1-5-12-23(13-15-6-8-16(27-3)9-7-15)18(24)11-10-17(20(26)28-4)22-19(25)14(2)21/h5-9,14,17H,1,10-13,21H2,2-4H3,(H,22,25). The van der Waals surface area contributed by atoms with Gasteiger partial charge in [0.1, 0.15) is 11.8 Å². The number of carbonyl (C=O) groups is 3. The molecular weight excluding hydrogens is 362 g/mol. The summed E-state index contributed by atoms with van der Waals surface area (Å²) in [6.45, 7) is 5.95. The Hall–Kier alpha value is -2.87. The van der Waals surface area contributed by atoms with Crippen molar-refractivity contribution in [1.82, 2.24) is 10.2 Å². The second kappa shape index (κ2) is 11.8. The Kier molecular flexibility index (Phi) is 9.73. The summed E-state index contributed by atoms with van der Waals surface area (Å²) in [4.78, 5) is 38.0. The first kappa shape index (κ1) is 23.2. The van der Waals surface area contributed by atoms with Crippen molar-refractivity contribution in [3.63, 3.8) is 0 Å². The first-order valence-electron chi connectivity index (χ1n) is 8.97. The van der Waals surface area contributed by atoms with Crippen LogP contribution in [0, 0.1) is 0 Å². The number of nitrogens with one attached hydrogen (secondary N) is 1. The third kappa shape index (κ3) is 7.40. The first-order valence-corrected chi connectivity index (χ1v) is 8.97. The van der Waals surface area contributed by atoms with E-state index in [1.165, 1.54) is 14.0 Å². The van der Waals surface area contributed by atoms with Crippen LogP contribution in [0.3, 0.4) is 0 Å². The monoisotopic (exact) mass is 391 g/mol. The molecule has 0 aliphatic heterocycles. The lowest BCUT2D eigenvalue weighted by atomic mass is 10.1. The van der Waals surface area contributed by atoms with E-state index in [1.807, 2.05) is 24.3 Å². The highest BCUT2D eigenvalue weighted by Gasteiger charge is 2.25. The third-order valence-electron chi connectivity index (χ3n) is 4.10. The summed E-state index contributed by atoms with van der Waals surface area (Å²) < 4.78 is 9.83. The lowest BCUT2D eigenvalue weighted by Gasteiger charge is -2.23. The van der Waals surface area contributed by atoms with E-state index in [9.17, 15) is 14.4 Å². The average Bonchev–Trinajstić information content (AvgIpc) is 2.70. The molecule has 0 spiro atoms. The molecule has 1 aromatic rings. The molecule has 28 heavy (non-hydrogen) atoms. The molecule has 0 saturated heterocycles. The lowest BCUT2D eigenvalue weighted by Crippen LogP contribution is -2.48. The Morgan fingerprint density at radius 1 is 1.25 bits per heavy atom. The van der Waals surface area contributed by atoms with Gasteiger partial charge in [0, 0.05) is 19.5 Å². The number of amides is 2. The topological polar surface area (TPSA) is 111 Å². The quantitative estimate of drug-likeness (QED) is 0.430.